The van der Waals surface area contributed by atoms with Crippen molar-refractivity contribution in [3.05, 3.63) is 30.3 Å². The van der Waals surface area contributed by atoms with Crippen LogP contribution in [0.3, 0.4) is 0 Å². The van der Waals surface area contributed by atoms with Gasteiger partial charge in [-0.15, -0.1) is 0 Å². The van der Waals surface area contributed by atoms with Gasteiger partial charge in [0.15, 0.2) is 0 Å². The van der Waals surface area contributed by atoms with E-state index in [1.165, 1.54) is 0 Å². The third-order valence-corrected chi connectivity index (χ3v) is 2.49. The van der Waals surface area contributed by atoms with E-state index in [0.29, 0.717) is 5.92 Å². The summed E-state index contributed by atoms with van der Waals surface area (Å²) in [6.07, 6.45) is 0. The highest BCUT2D eigenvalue weighted by Crippen LogP contribution is 2.14. The van der Waals surface area contributed by atoms with Crippen LogP contribution >= 0.6 is 11.9 Å². The Balaban J connectivity index is 2.25. The Bertz CT molecular complexity index is 208. The van der Waals surface area contributed by atoms with Crippen molar-refractivity contribution in [3.63, 3.8) is 0 Å². The van der Waals surface area contributed by atoms with E-state index in [9.17, 15) is 0 Å². The van der Waals surface area contributed by atoms with Crippen molar-refractivity contribution in [2.75, 3.05) is 5.75 Å². The Hall–Kier alpha value is -0.630. The lowest BCUT2D eigenvalue weighted by Crippen LogP contribution is -1.94. The van der Waals surface area contributed by atoms with Gasteiger partial charge >= 0.3 is 0 Å². The summed E-state index contributed by atoms with van der Waals surface area (Å²) in [5, 5.41) is 0. The summed E-state index contributed by atoms with van der Waals surface area (Å²) in [6, 6.07) is 10.1. The molecule has 1 radical (unpaired) electrons. The van der Waals surface area contributed by atoms with Crippen LogP contribution in [0.15, 0.2) is 30.3 Å². The average molecular weight is 180 g/mol. The molecule has 0 amide bonds. The molecule has 0 N–H and O–H groups in total. The lowest BCUT2D eigenvalue weighted by molar-refractivity contribution is 0.749. The first-order valence-electron chi connectivity index (χ1n) is 4.17. The Morgan fingerprint density at radius 1 is 1.25 bits per heavy atom. The smallest absolute Gasteiger partial charge is 0.0713 e. The number of rotatable bonds is 4. The summed E-state index contributed by atoms with van der Waals surface area (Å²) in [7, 11) is 0. The molecule has 0 aliphatic carbocycles. The average Bonchev–Trinajstić information content (AvgIpc) is 2.05. The van der Waals surface area contributed by atoms with E-state index in [4.69, 9.17) is 0 Å². The van der Waals surface area contributed by atoms with Gasteiger partial charge in [0, 0.05) is 5.75 Å². The molecular weight excluding hydrogens is 166 g/mol. The third-order valence-electron chi connectivity index (χ3n) is 1.33. The first-order chi connectivity index (χ1) is 5.79. The van der Waals surface area contributed by atoms with Crippen LogP contribution in [0.4, 0.5) is 5.69 Å². The molecular formula is C10H14NS. The summed E-state index contributed by atoms with van der Waals surface area (Å²) >= 11 is 1.64. The molecule has 0 heterocycles. The van der Waals surface area contributed by atoms with Crippen LogP contribution < -0.4 is 4.72 Å². The third kappa shape index (κ3) is 3.67. The molecule has 1 aromatic carbocycles. The van der Waals surface area contributed by atoms with Crippen LogP contribution in [-0.2, 0) is 0 Å². The normalized spacial score (nSPS) is 10.2. The second-order valence-electron chi connectivity index (χ2n) is 3.12. The van der Waals surface area contributed by atoms with Gasteiger partial charge in [0.2, 0.25) is 0 Å². The van der Waals surface area contributed by atoms with Crippen LogP contribution in [0.25, 0.3) is 0 Å². The van der Waals surface area contributed by atoms with Gasteiger partial charge in [0.05, 0.1) is 5.69 Å². The zero-order valence-corrected chi connectivity index (χ0v) is 8.34. The molecule has 0 saturated heterocycles. The summed E-state index contributed by atoms with van der Waals surface area (Å²) < 4.78 is 4.36. The summed E-state index contributed by atoms with van der Waals surface area (Å²) in [6.45, 7) is 4.40. The van der Waals surface area contributed by atoms with Gasteiger partial charge in [-0.2, -0.15) is 0 Å². The van der Waals surface area contributed by atoms with E-state index < -0.39 is 0 Å². The highest BCUT2D eigenvalue weighted by Gasteiger charge is 1.95. The van der Waals surface area contributed by atoms with Crippen molar-refractivity contribution in [1.29, 1.82) is 0 Å². The minimum absolute atomic E-state index is 0.711. The molecule has 0 fully saturated rings. The molecule has 0 aromatic heterocycles. The number of hydrogen-bond acceptors (Lipinski definition) is 1. The summed E-state index contributed by atoms with van der Waals surface area (Å²) in [5.41, 5.74) is 1.06. The molecule has 0 bridgehead atoms. The highest BCUT2D eigenvalue weighted by molar-refractivity contribution is 7.97. The van der Waals surface area contributed by atoms with Crippen molar-refractivity contribution < 1.29 is 0 Å². The van der Waals surface area contributed by atoms with Gasteiger partial charge in [-0.25, -0.2) is 4.72 Å². The quantitative estimate of drug-likeness (QED) is 0.649. The maximum atomic E-state index is 4.36. The zero-order chi connectivity index (χ0) is 8.81. The minimum Gasteiger partial charge on any atom is -0.217 e. The van der Waals surface area contributed by atoms with Gasteiger partial charge in [-0.05, 0) is 30.0 Å². The molecule has 1 rings (SSSR count). The fourth-order valence-electron chi connectivity index (χ4n) is 0.750. The van der Waals surface area contributed by atoms with Gasteiger partial charge < -0.3 is 0 Å². The van der Waals surface area contributed by atoms with Crippen LogP contribution in [0.2, 0.25) is 0 Å². The van der Waals surface area contributed by atoms with Gasteiger partial charge in [0.25, 0.3) is 0 Å². The highest BCUT2D eigenvalue weighted by atomic mass is 32.2. The molecule has 2 heteroatoms. The molecule has 0 atom stereocenters. The maximum Gasteiger partial charge on any atom is 0.0713 e. The Kier molecular flexibility index (Phi) is 4.01. The van der Waals surface area contributed by atoms with Crippen LogP contribution in [-0.4, -0.2) is 5.75 Å². The monoisotopic (exact) mass is 180 g/mol. The standard InChI is InChI=1S/C10H14NS/c1-9(2)8-12-11-10-6-4-3-5-7-10/h3-7,9H,8H2,1-2H3. The van der Waals surface area contributed by atoms with Crippen molar-refractivity contribution in [2.45, 2.75) is 13.8 Å². The topological polar surface area (TPSA) is 14.1 Å². The molecule has 0 aliphatic rings. The van der Waals surface area contributed by atoms with E-state index in [1.807, 2.05) is 30.3 Å². The van der Waals surface area contributed by atoms with Crippen LogP contribution in [0, 0.1) is 5.92 Å². The fraction of sp³-hybridized carbons (Fsp3) is 0.400. The molecule has 12 heavy (non-hydrogen) atoms. The van der Waals surface area contributed by atoms with Gasteiger partial charge in [-0.3, -0.25) is 0 Å². The van der Waals surface area contributed by atoms with E-state index in [2.05, 4.69) is 18.6 Å². The van der Waals surface area contributed by atoms with Crippen LogP contribution in [0.5, 0.6) is 0 Å². The number of hydrogen-bond donors (Lipinski definition) is 0. The maximum absolute atomic E-state index is 4.36. The SMILES string of the molecule is CC(C)CS[N]c1ccccc1. The van der Waals surface area contributed by atoms with E-state index >= 15 is 0 Å². The number of nitrogens with zero attached hydrogens (tertiary/aromatic N) is 1. The zero-order valence-electron chi connectivity index (χ0n) is 7.53. The fourth-order valence-corrected chi connectivity index (χ4v) is 1.39. The lowest BCUT2D eigenvalue weighted by Gasteiger charge is -2.03. The van der Waals surface area contributed by atoms with Crippen molar-refractivity contribution in [2.24, 2.45) is 5.92 Å². The van der Waals surface area contributed by atoms with Crippen molar-refractivity contribution in [1.82, 2.24) is 4.72 Å². The Morgan fingerprint density at radius 3 is 2.50 bits per heavy atom. The molecule has 65 valence electrons. The molecule has 0 spiro atoms. The predicted octanol–water partition coefficient (Wildman–Crippen LogP) is 3.23. The largest absolute Gasteiger partial charge is 0.217 e. The first kappa shape index (κ1) is 9.46. The Morgan fingerprint density at radius 2 is 1.92 bits per heavy atom. The molecule has 0 aliphatic heterocycles. The Labute approximate surface area is 78.7 Å². The van der Waals surface area contributed by atoms with E-state index in [-0.39, 0.29) is 0 Å². The summed E-state index contributed by atoms with van der Waals surface area (Å²) in [5.74, 6) is 1.80. The minimum atomic E-state index is 0.711. The van der Waals surface area contributed by atoms with Crippen LogP contribution in [0.1, 0.15) is 13.8 Å². The molecule has 1 nitrogen and oxygen atoms in total. The molecule has 0 saturated carbocycles. The molecule has 0 unspecified atom stereocenters. The van der Waals surface area contributed by atoms with Gasteiger partial charge in [0.1, 0.15) is 0 Å². The van der Waals surface area contributed by atoms with Crippen molar-refractivity contribution >= 4 is 17.6 Å². The molecule has 1 aromatic rings. The predicted molar refractivity (Wildman–Crippen MR) is 55.5 cm³/mol. The first-order valence-corrected chi connectivity index (χ1v) is 5.11. The van der Waals surface area contributed by atoms with E-state index in [1.54, 1.807) is 11.9 Å². The second kappa shape index (κ2) is 5.09. The number of benzene rings is 1. The lowest BCUT2D eigenvalue weighted by atomic mass is 10.3. The van der Waals surface area contributed by atoms with E-state index in [0.717, 1.165) is 11.4 Å². The van der Waals surface area contributed by atoms with Gasteiger partial charge in [-0.1, -0.05) is 32.0 Å². The van der Waals surface area contributed by atoms with Crippen molar-refractivity contribution in [3.8, 4) is 0 Å². The summed E-state index contributed by atoms with van der Waals surface area (Å²) in [4.78, 5) is 0. The second-order valence-corrected chi connectivity index (χ2v) is 3.89.